The summed E-state index contributed by atoms with van der Waals surface area (Å²) in [6.45, 7) is 5.86. The predicted molar refractivity (Wildman–Crippen MR) is 73.9 cm³/mol. The van der Waals surface area contributed by atoms with Crippen LogP contribution in [0, 0.1) is 0 Å². The molecule has 0 aromatic carbocycles. The molecule has 1 aliphatic heterocycles. The van der Waals surface area contributed by atoms with Crippen molar-refractivity contribution in [3.8, 4) is 0 Å². The molecule has 18 heavy (non-hydrogen) atoms. The number of pyridine rings is 1. The largest absolute Gasteiger partial charge is 0.378 e. The van der Waals surface area contributed by atoms with Gasteiger partial charge in [0.05, 0.1) is 6.10 Å². The lowest BCUT2D eigenvalue weighted by Gasteiger charge is -2.32. The Morgan fingerprint density at radius 1 is 1.44 bits per heavy atom. The Hall–Kier alpha value is -1.13. The first-order valence-electron chi connectivity index (χ1n) is 6.79. The topological polar surface area (TPSA) is 37.4 Å². The second kappa shape index (κ2) is 6.71. The number of anilines is 1. The molecule has 0 saturated carbocycles. The highest BCUT2D eigenvalue weighted by Gasteiger charge is 2.20. The molecule has 1 aromatic rings. The van der Waals surface area contributed by atoms with Gasteiger partial charge in [0.1, 0.15) is 5.82 Å². The van der Waals surface area contributed by atoms with Crippen molar-refractivity contribution >= 4 is 5.82 Å². The Morgan fingerprint density at radius 3 is 2.89 bits per heavy atom. The van der Waals surface area contributed by atoms with E-state index in [0.29, 0.717) is 6.10 Å². The van der Waals surface area contributed by atoms with Gasteiger partial charge in [-0.05, 0) is 44.5 Å². The molecule has 4 nitrogen and oxygen atoms in total. The smallest absolute Gasteiger partial charge is 0.128 e. The number of aromatic nitrogens is 1. The average Bonchev–Trinajstić information content (AvgIpc) is 2.41. The normalized spacial score (nSPS) is 17.1. The van der Waals surface area contributed by atoms with E-state index >= 15 is 0 Å². The van der Waals surface area contributed by atoms with Gasteiger partial charge in [0.25, 0.3) is 0 Å². The van der Waals surface area contributed by atoms with Crippen molar-refractivity contribution in [3.63, 3.8) is 0 Å². The van der Waals surface area contributed by atoms with E-state index in [1.165, 1.54) is 5.56 Å². The van der Waals surface area contributed by atoms with Crippen LogP contribution in [-0.2, 0) is 11.3 Å². The highest BCUT2D eigenvalue weighted by atomic mass is 16.5. The van der Waals surface area contributed by atoms with Gasteiger partial charge in [0.2, 0.25) is 0 Å². The minimum atomic E-state index is 0.437. The SMILES string of the molecule is CCOC1CCN(c2cc(CNC)ccn2)CC1. The molecule has 1 aliphatic rings. The molecule has 0 amide bonds. The van der Waals surface area contributed by atoms with Gasteiger partial charge in [-0.3, -0.25) is 0 Å². The monoisotopic (exact) mass is 249 g/mol. The molecule has 1 N–H and O–H groups in total. The summed E-state index contributed by atoms with van der Waals surface area (Å²) < 4.78 is 5.67. The fraction of sp³-hybridized carbons (Fsp3) is 0.643. The van der Waals surface area contributed by atoms with Gasteiger partial charge in [-0.15, -0.1) is 0 Å². The highest BCUT2D eigenvalue weighted by Crippen LogP contribution is 2.20. The molecular formula is C14H23N3O. The predicted octanol–water partition coefficient (Wildman–Crippen LogP) is 1.81. The highest BCUT2D eigenvalue weighted by molar-refractivity contribution is 5.41. The molecule has 2 rings (SSSR count). The van der Waals surface area contributed by atoms with Gasteiger partial charge in [0, 0.05) is 32.4 Å². The maximum absolute atomic E-state index is 5.67. The van der Waals surface area contributed by atoms with E-state index in [1.54, 1.807) is 0 Å². The van der Waals surface area contributed by atoms with Crippen molar-refractivity contribution in [2.75, 3.05) is 31.6 Å². The Labute approximate surface area is 109 Å². The van der Waals surface area contributed by atoms with Gasteiger partial charge in [0.15, 0.2) is 0 Å². The van der Waals surface area contributed by atoms with Crippen LogP contribution in [0.4, 0.5) is 5.82 Å². The second-order valence-electron chi connectivity index (χ2n) is 4.69. The number of hydrogen-bond acceptors (Lipinski definition) is 4. The van der Waals surface area contributed by atoms with Gasteiger partial charge in [-0.25, -0.2) is 4.98 Å². The first-order valence-corrected chi connectivity index (χ1v) is 6.79. The number of hydrogen-bond donors (Lipinski definition) is 1. The maximum Gasteiger partial charge on any atom is 0.128 e. The fourth-order valence-electron chi connectivity index (χ4n) is 2.43. The number of nitrogens with one attached hydrogen (secondary N) is 1. The third kappa shape index (κ3) is 3.43. The summed E-state index contributed by atoms with van der Waals surface area (Å²) >= 11 is 0. The van der Waals surface area contributed by atoms with Crippen LogP contribution in [0.5, 0.6) is 0 Å². The second-order valence-corrected chi connectivity index (χ2v) is 4.69. The summed E-state index contributed by atoms with van der Waals surface area (Å²) in [5.74, 6) is 1.10. The maximum atomic E-state index is 5.67. The van der Waals surface area contributed by atoms with E-state index in [4.69, 9.17) is 4.74 Å². The van der Waals surface area contributed by atoms with E-state index in [9.17, 15) is 0 Å². The van der Waals surface area contributed by atoms with Crippen LogP contribution in [0.25, 0.3) is 0 Å². The molecular weight excluding hydrogens is 226 g/mol. The van der Waals surface area contributed by atoms with Crippen molar-refractivity contribution in [2.24, 2.45) is 0 Å². The van der Waals surface area contributed by atoms with E-state index in [0.717, 1.165) is 44.9 Å². The Morgan fingerprint density at radius 2 is 2.22 bits per heavy atom. The lowest BCUT2D eigenvalue weighted by molar-refractivity contribution is 0.0458. The van der Waals surface area contributed by atoms with Crippen molar-refractivity contribution in [2.45, 2.75) is 32.4 Å². The first kappa shape index (κ1) is 13.3. The summed E-state index contributed by atoms with van der Waals surface area (Å²) in [5.41, 5.74) is 1.29. The summed E-state index contributed by atoms with van der Waals surface area (Å²) in [7, 11) is 1.97. The quantitative estimate of drug-likeness (QED) is 0.863. The van der Waals surface area contributed by atoms with Gasteiger partial charge in [-0.2, -0.15) is 0 Å². The number of piperidine rings is 1. The Kier molecular flexibility index (Phi) is 4.96. The van der Waals surface area contributed by atoms with Crippen LogP contribution in [0.1, 0.15) is 25.3 Å². The minimum Gasteiger partial charge on any atom is -0.378 e. The van der Waals surface area contributed by atoms with E-state index in [1.807, 2.05) is 13.2 Å². The van der Waals surface area contributed by atoms with Crippen LogP contribution in [-0.4, -0.2) is 37.8 Å². The summed E-state index contributed by atoms with van der Waals surface area (Å²) in [6.07, 6.45) is 4.54. The van der Waals surface area contributed by atoms with Crippen molar-refractivity contribution in [1.82, 2.24) is 10.3 Å². The molecule has 1 aromatic heterocycles. The zero-order chi connectivity index (χ0) is 12.8. The van der Waals surface area contributed by atoms with Gasteiger partial charge < -0.3 is 15.0 Å². The molecule has 1 fully saturated rings. The molecule has 2 heterocycles. The van der Waals surface area contributed by atoms with Crippen molar-refractivity contribution in [3.05, 3.63) is 23.9 Å². The number of ether oxygens (including phenoxy) is 1. The first-order chi connectivity index (χ1) is 8.83. The zero-order valence-electron chi connectivity index (χ0n) is 11.4. The molecule has 0 bridgehead atoms. The number of rotatable bonds is 5. The van der Waals surface area contributed by atoms with Crippen LogP contribution >= 0.6 is 0 Å². The lowest BCUT2D eigenvalue weighted by atomic mass is 10.1. The van der Waals surface area contributed by atoms with Crippen LogP contribution in [0.15, 0.2) is 18.3 Å². The average molecular weight is 249 g/mol. The summed E-state index contributed by atoms with van der Waals surface area (Å²) in [4.78, 5) is 6.83. The van der Waals surface area contributed by atoms with E-state index in [-0.39, 0.29) is 0 Å². The molecule has 0 unspecified atom stereocenters. The molecule has 100 valence electrons. The zero-order valence-corrected chi connectivity index (χ0v) is 11.4. The van der Waals surface area contributed by atoms with Crippen LogP contribution < -0.4 is 10.2 Å². The lowest BCUT2D eigenvalue weighted by Crippen LogP contribution is -2.37. The molecule has 0 atom stereocenters. The third-order valence-corrected chi connectivity index (χ3v) is 3.36. The van der Waals surface area contributed by atoms with Crippen LogP contribution in [0.2, 0.25) is 0 Å². The summed E-state index contributed by atoms with van der Waals surface area (Å²) in [5, 5.41) is 3.17. The standard InChI is InChI=1S/C14H23N3O/c1-3-18-13-5-8-17(9-6-13)14-10-12(11-15-2)4-7-16-14/h4,7,10,13,15H,3,5-6,8-9,11H2,1-2H3. The van der Waals surface area contributed by atoms with Gasteiger partial charge in [-0.1, -0.05) is 0 Å². The molecule has 0 spiro atoms. The van der Waals surface area contributed by atoms with Gasteiger partial charge >= 0.3 is 0 Å². The third-order valence-electron chi connectivity index (χ3n) is 3.36. The van der Waals surface area contributed by atoms with E-state index in [2.05, 4.69) is 34.3 Å². The number of nitrogens with zero attached hydrogens (tertiary/aromatic N) is 2. The Bertz CT molecular complexity index is 362. The van der Waals surface area contributed by atoms with Crippen molar-refractivity contribution < 1.29 is 4.74 Å². The molecule has 0 aliphatic carbocycles. The fourth-order valence-corrected chi connectivity index (χ4v) is 2.43. The minimum absolute atomic E-state index is 0.437. The van der Waals surface area contributed by atoms with Crippen molar-refractivity contribution in [1.29, 1.82) is 0 Å². The molecule has 1 saturated heterocycles. The molecule has 4 heteroatoms. The summed E-state index contributed by atoms with van der Waals surface area (Å²) in [6, 6.07) is 4.24. The Balaban J connectivity index is 1.94. The van der Waals surface area contributed by atoms with Crippen LogP contribution in [0.3, 0.4) is 0 Å². The van der Waals surface area contributed by atoms with E-state index < -0.39 is 0 Å². The molecule has 0 radical (unpaired) electrons.